The quantitative estimate of drug-likeness (QED) is 0.829. The van der Waals surface area contributed by atoms with Crippen LogP contribution < -0.4 is 16.0 Å². The van der Waals surface area contributed by atoms with E-state index in [2.05, 4.69) is 10.3 Å². The summed E-state index contributed by atoms with van der Waals surface area (Å²) in [5, 5.41) is 2.90. The van der Waals surface area contributed by atoms with E-state index in [4.69, 9.17) is 5.73 Å². The number of carbonyl (C=O) groups is 2. The molecule has 1 fully saturated rings. The fourth-order valence-electron chi connectivity index (χ4n) is 2.83. The number of aromatic nitrogens is 1. The van der Waals surface area contributed by atoms with Crippen molar-refractivity contribution in [1.29, 1.82) is 0 Å². The Balaban J connectivity index is 1.67. The Hall–Kier alpha value is -2.96. The van der Waals surface area contributed by atoms with Crippen molar-refractivity contribution in [3.05, 3.63) is 59.7 Å². The van der Waals surface area contributed by atoms with E-state index in [0.717, 1.165) is 18.2 Å². The zero-order valence-corrected chi connectivity index (χ0v) is 12.9. The Labute approximate surface area is 138 Å². The molecule has 3 rings (SSSR count). The highest BCUT2D eigenvalue weighted by Gasteiger charge is 2.26. The Morgan fingerprint density at radius 3 is 2.75 bits per heavy atom. The maximum Gasteiger partial charge on any atom is 0.253 e. The van der Waals surface area contributed by atoms with Gasteiger partial charge in [-0.05, 0) is 30.7 Å². The predicted octanol–water partition coefficient (Wildman–Crippen LogP) is 1.33. The maximum atomic E-state index is 12.8. The van der Waals surface area contributed by atoms with Gasteiger partial charge in [0.05, 0.1) is 11.1 Å². The van der Waals surface area contributed by atoms with Gasteiger partial charge in [-0.25, -0.2) is 4.98 Å². The van der Waals surface area contributed by atoms with E-state index in [9.17, 15) is 14.0 Å². The molecule has 2 aromatic rings. The lowest BCUT2D eigenvalue weighted by molar-refractivity contribution is 0.0938. The van der Waals surface area contributed by atoms with Crippen LogP contribution in [0.25, 0.3) is 0 Å². The summed E-state index contributed by atoms with van der Waals surface area (Å²) in [6, 6.07) is 9.62. The summed E-state index contributed by atoms with van der Waals surface area (Å²) in [5.74, 6) is -1.39. The fraction of sp³-hybridized carbons (Fsp3) is 0.235. The van der Waals surface area contributed by atoms with Crippen LogP contribution in [-0.4, -0.2) is 35.9 Å². The minimum atomic E-state index is -0.623. The number of benzene rings is 1. The molecular weight excluding hydrogens is 311 g/mol. The van der Waals surface area contributed by atoms with E-state index in [1.807, 2.05) is 17.0 Å². The third-order valence-electron chi connectivity index (χ3n) is 4.02. The van der Waals surface area contributed by atoms with Crippen LogP contribution in [0.2, 0.25) is 0 Å². The molecule has 0 spiro atoms. The van der Waals surface area contributed by atoms with Crippen LogP contribution in [-0.2, 0) is 0 Å². The van der Waals surface area contributed by atoms with Gasteiger partial charge in [0.15, 0.2) is 0 Å². The number of pyridine rings is 1. The highest BCUT2D eigenvalue weighted by Crippen LogP contribution is 2.24. The number of nitrogens with zero attached hydrogens (tertiary/aromatic N) is 2. The summed E-state index contributed by atoms with van der Waals surface area (Å²) in [5.41, 5.74) is 6.96. The molecule has 6 nitrogen and oxygen atoms in total. The van der Waals surface area contributed by atoms with Crippen LogP contribution in [0.5, 0.6) is 0 Å². The Bertz CT molecular complexity index is 763. The number of carbonyl (C=O) groups excluding carboxylic acids is 2. The summed E-state index contributed by atoms with van der Waals surface area (Å²) in [6.07, 6.45) is 1.95. The van der Waals surface area contributed by atoms with Crippen molar-refractivity contribution in [3.8, 4) is 0 Å². The van der Waals surface area contributed by atoms with Gasteiger partial charge in [-0.15, -0.1) is 0 Å². The Kier molecular flexibility index (Phi) is 4.41. The summed E-state index contributed by atoms with van der Waals surface area (Å²) in [7, 11) is 0. The number of halogens is 1. The van der Waals surface area contributed by atoms with Crippen molar-refractivity contribution >= 4 is 17.5 Å². The number of rotatable bonds is 4. The second-order valence-corrected chi connectivity index (χ2v) is 5.66. The van der Waals surface area contributed by atoms with E-state index >= 15 is 0 Å². The third-order valence-corrected chi connectivity index (χ3v) is 4.02. The number of anilines is 1. The van der Waals surface area contributed by atoms with E-state index in [1.165, 1.54) is 12.3 Å². The molecule has 1 aliphatic rings. The molecule has 1 aromatic heterocycles. The van der Waals surface area contributed by atoms with Gasteiger partial charge >= 0.3 is 0 Å². The van der Waals surface area contributed by atoms with Crippen LogP contribution in [0.1, 0.15) is 27.1 Å². The highest BCUT2D eigenvalue weighted by molar-refractivity contribution is 5.98. The molecule has 0 bridgehead atoms. The minimum absolute atomic E-state index is 0.0662. The molecule has 7 heteroatoms. The number of primary amides is 1. The zero-order chi connectivity index (χ0) is 17.1. The van der Waals surface area contributed by atoms with Crippen LogP contribution in [0.3, 0.4) is 0 Å². The van der Waals surface area contributed by atoms with Crippen molar-refractivity contribution in [2.75, 3.05) is 18.0 Å². The van der Waals surface area contributed by atoms with Gasteiger partial charge in [-0.3, -0.25) is 9.59 Å². The van der Waals surface area contributed by atoms with Crippen molar-refractivity contribution in [1.82, 2.24) is 10.3 Å². The lowest BCUT2D eigenvalue weighted by atomic mass is 10.1. The summed E-state index contributed by atoms with van der Waals surface area (Å²) < 4.78 is 12.8. The Morgan fingerprint density at radius 2 is 2.04 bits per heavy atom. The number of hydrogen-bond acceptors (Lipinski definition) is 4. The zero-order valence-electron chi connectivity index (χ0n) is 12.9. The van der Waals surface area contributed by atoms with E-state index in [1.54, 1.807) is 12.1 Å². The summed E-state index contributed by atoms with van der Waals surface area (Å²) >= 11 is 0. The summed E-state index contributed by atoms with van der Waals surface area (Å²) in [4.78, 5) is 29.2. The van der Waals surface area contributed by atoms with Crippen molar-refractivity contribution in [3.63, 3.8) is 0 Å². The van der Waals surface area contributed by atoms with Crippen LogP contribution in [0.4, 0.5) is 10.1 Å². The first-order valence-corrected chi connectivity index (χ1v) is 7.61. The van der Waals surface area contributed by atoms with Gasteiger partial charge in [0.25, 0.3) is 11.8 Å². The molecule has 2 heterocycles. The standard InChI is InChI=1S/C17H17FN4O2/c18-15-6-5-11(9-20-15)17(24)21-12-7-8-22(10-12)14-4-2-1-3-13(14)16(19)23/h1-6,9,12H,7-8,10H2,(H2,19,23)(H,21,24)/t12-/m1/s1. The molecule has 2 amide bonds. The van der Waals surface area contributed by atoms with Crippen LogP contribution >= 0.6 is 0 Å². The average molecular weight is 328 g/mol. The first-order chi connectivity index (χ1) is 11.5. The van der Waals surface area contributed by atoms with Gasteiger partial charge < -0.3 is 16.0 Å². The predicted molar refractivity (Wildman–Crippen MR) is 87.2 cm³/mol. The molecule has 1 aromatic carbocycles. The van der Waals surface area contributed by atoms with Crippen molar-refractivity contribution < 1.29 is 14.0 Å². The van der Waals surface area contributed by atoms with Crippen LogP contribution in [0.15, 0.2) is 42.6 Å². The van der Waals surface area contributed by atoms with Gasteiger partial charge in [-0.1, -0.05) is 12.1 Å². The molecule has 124 valence electrons. The second-order valence-electron chi connectivity index (χ2n) is 5.66. The van der Waals surface area contributed by atoms with E-state index in [-0.39, 0.29) is 11.9 Å². The minimum Gasteiger partial charge on any atom is -0.369 e. The fourth-order valence-corrected chi connectivity index (χ4v) is 2.83. The van der Waals surface area contributed by atoms with Gasteiger partial charge in [-0.2, -0.15) is 4.39 Å². The number of nitrogens with one attached hydrogen (secondary N) is 1. The van der Waals surface area contributed by atoms with E-state index < -0.39 is 11.9 Å². The normalized spacial score (nSPS) is 16.9. The average Bonchev–Trinajstić information content (AvgIpc) is 3.03. The van der Waals surface area contributed by atoms with Gasteiger partial charge in [0.1, 0.15) is 0 Å². The molecule has 24 heavy (non-hydrogen) atoms. The van der Waals surface area contributed by atoms with E-state index in [0.29, 0.717) is 24.2 Å². The smallest absolute Gasteiger partial charge is 0.253 e. The largest absolute Gasteiger partial charge is 0.369 e. The first-order valence-electron chi connectivity index (χ1n) is 7.61. The number of amides is 2. The molecule has 1 atom stereocenters. The molecule has 0 aliphatic carbocycles. The number of nitrogens with two attached hydrogens (primary N) is 1. The number of para-hydroxylation sites is 1. The molecular formula is C17H17FN4O2. The second kappa shape index (κ2) is 6.66. The lowest BCUT2D eigenvalue weighted by Crippen LogP contribution is -2.37. The van der Waals surface area contributed by atoms with Crippen molar-refractivity contribution in [2.24, 2.45) is 5.73 Å². The highest BCUT2D eigenvalue weighted by atomic mass is 19.1. The SMILES string of the molecule is NC(=O)c1ccccc1N1CC[C@@H](NC(=O)c2ccc(F)nc2)C1. The van der Waals surface area contributed by atoms with Gasteiger partial charge in [0.2, 0.25) is 5.95 Å². The van der Waals surface area contributed by atoms with Crippen molar-refractivity contribution in [2.45, 2.75) is 12.5 Å². The molecule has 1 aliphatic heterocycles. The molecule has 0 radical (unpaired) electrons. The topological polar surface area (TPSA) is 88.3 Å². The maximum absolute atomic E-state index is 12.8. The lowest BCUT2D eigenvalue weighted by Gasteiger charge is -2.21. The summed E-state index contributed by atoms with van der Waals surface area (Å²) in [6.45, 7) is 1.28. The number of hydrogen-bond donors (Lipinski definition) is 2. The molecule has 3 N–H and O–H groups in total. The Morgan fingerprint density at radius 1 is 1.25 bits per heavy atom. The third kappa shape index (κ3) is 3.34. The van der Waals surface area contributed by atoms with Crippen LogP contribution in [0, 0.1) is 5.95 Å². The van der Waals surface area contributed by atoms with Gasteiger partial charge in [0, 0.05) is 31.0 Å². The monoisotopic (exact) mass is 328 g/mol. The first kappa shape index (κ1) is 15.9. The molecule has 1 saturated heterocycles. The molecule has 0 saturated carbocycles. The molecule has 0 unspecified atom stereocenters.